The summed E-state index contributed by atoms with van der Waals surface area (Å²) in [6, 6.07) is 7.88. The lowest BCUT2D eigenvalue weighted by molar-refractivity contribution is -0.126. The van der Waals surface area contributed by atoms with Crippen molar-refractivity contribution in [2.45, 2.75) is 13.0 Å². The van der Waals surface area contributed by atoms with Gasteiger partial charge in [0.25, 0.3) is 0 Å². The molecular weight excluding hydrogens is 254 g/mol. The van der Waals surface area contributed by atoms with E-state index < -0.39 is 0 Å². The zero-order valence-electron chi connectivity index (χ0n) is 12.2. The molecule has 1 aliphatic rings. The highest BCUT2D eigenvalue weighted by atomic mass is 16.5. The highest BCUT2D eigenvalue weighted by Crippen LogP contribution is 2.16. The maximum atomic E-state index is 11.8. The third-order valence-electron chi connectivity index (χ3n) is 3.63. The lowest BCUT2D eigenvalue weighted by Crippen LogP contribution is -2.58. The SMILES string of the molecule is CNC(=O)C1CNCCN1CCOc1ccccc1C. The molecule has 1 aliphatic heterocycles. The van der Waals surface area contributed by atoms with E-state index in [0.717, 1.165) is 30.9 Å². The molecule has 1 aromatic carbocycles. The van der Waals surface area contributed by atoms with Gasteiger partial charge >= 0.3 is 0 Å². The lowest BCUT2D eigenvalue weighted by atomic mass is 10.2. The van der Waals surface area contributed by atoms with Gasteiger partial charge in [-0.15, -0.1) is 0 Å². The van der Waals surface area contributed by atoms with E-state index in [-0.39, 0.29) is 11.9 Å². The Bertz CT molecular complexity index is 450. The van der Waals surface area contributed by atoms with E-state index in [0.29, 0.717) is 13.2 Å². The number of nitrogens with one attached hydrogen (secondary N) is 2. The maximum Gasteiger partial charge on any atom is 0.238 e. The van der Waals surface area contributed by atoms with E-state index in [4.69, 9.17) is 4.74 Å². The minimum atomic E-state index is -0.103. The molecule has 5 heteroatoms. The molecule has 5 nitrogen and oxygen atoms in total. The predicted molar refractivity (Wildman–Crippen MR) is 79.0 cm³/mol. The summed E-state index contributed by atoms with van der Waals surface area (Å²) in [5.41, 5.74) is 1.13. The molecule has 1 saturated heterocycles. The molecule has 0 bridgehead atoms. The summed E-state index contributed by atoms with van der Waals surface area (Å²) in [5.74, 6) is 0.979. The van der Waals surface area contributed by atoms with Crippen LogP contribution in [0.4, 0.5) is 0 Å². The molecule has 2 rings (SSSR count). The van der Waals surface area contributed by atoms with Crippen molar-refractivity contribution in [1.82, 2.24) is 15.5 Å². The van der Waals surface area contributed by atoms with Crippen LogP contribution in [0.3, 0.4) is 0 Å². The zero-order valence-corrected chi connectivity index (χ0v) is 12.2. The van der Waals surface area contributed by atoms with Crippen LogP contribution in [-0.4, -0.2) is 56.7 Å². The second-order valence-corrected chi connectivity index (χ2v) is 4.98. The summed E-state index contributed by atoms with van der Waals surface area (Å²) < 4.78 is 5.81. The Morgan fingerprint density at radius 2 is 2.30 bits per heavy atom. The molecule has 1 aromatic rings. The molecular formula is C15H23N3O2. The average molecular weight is 277 g/mol. The highest BCUT2D eigenvalue weighted by molar-refractivity contribution is 5.81. The van der Waals surface area contributed by atoms with Crippen LogP contribution in [0.25, 0.3) is 0 Å². The zero-order chi connectivity index (χ0) is 14.4. The summed E-state index contributed by atoms with van der Waals surface area (Å²) in [4.78, 5) is 14.0. The normalized spacial score (nSPS) is 19.6. The fourth-order valence-electron chi connectivity index (χ4n) is 2.43. The summed E-state index contributed by atoms with van der Waals surface area (Å²) >= 11 is 0. The standard InChI is InChI=1S/C15H23N3O2/c1-12-5-3-4-6-14(12)20-10-9-18-8-7-17-11-13(18)15(19)16-2/h3-6,13,17H,7-11H2,1-2H3,(H,16,19). The number of para-hydroxylation sites is 1. The molecule has 0 radical (unpaired) electrons. The van der Waals surface area contributed by atoms with Crippen molar-refractivity contribution in [3.63, 3.8) is 0 Å². The molecule has 1 fully saturated rings. The molecule has 1 heterocycles. The molecule has 1 amide bonds. The van der Waals surface area contributed by atoms with Gasteiger partial charge in [-0.25, -0.2) is 0 Å². The van der Waals surface area contributed by atoms with Gasteiger partial charge in [0, 0.05) is 33.2 Å². The maximum absolute atomic E-state index is 11.8. The van der Waals surface area contributed by atoms with Gasteiger partial charge in [-0.05, 0) is 18.6 Å². The molecule has 0 spiro atoms. The van der Waals surface area contributed by atoms with Crippen molar-refractivity contribution in [2.75, 3.05) is 39.8 Å². The minimum Gasteiger partial charge on any atom is -0.492 e. The monoisotopic (exact) mass is 277 g/mol. The number of likely N-dealkylation sites (N-methyl/N-ethyl adjacent to an activating group) is 1. The number of carbonyl (C=O) groups is 1. The van der Waals surface area contributed by atoms with Gasteiger partial charge in [0.15, 0.2) is 0 Å². The van der Waals surface area contributed by atoms with E-state index in [1.807, 2.05) is 31.2 Å². The van der Waals surface area contributed by atoms with Crippen LogP contribution in [0.5, 0.6) is 5.75 Å². The van der Waals surface area contributed by atoms with Crippen molar-refractivity contribution in [3.05, 3.63) is 29.8 Å². The van der Waals surface area contributed by atoms with Gasteiger partial charge in [0.05, 0.1) is 0 Å². The van der Waals surface area contributed by atoms with Gasteiger partial charge in [0.1, 0.15) is 18.4 Å². The number of carbonyl (C=O) groups excluding carboxylic acids is 1. The first-order valence-electron chi connectivity index (χ1n) is 7.07. The van der Waals surface area contributed by atoms with Gasteiger partial charge in [-0.3, -0.25) is 9.69 Å². The van der Waals surface area contributed by atoms with E-state index >= 15 is 0 Å². The molecule has 0 aliphatic carbocycles. The molecule has 110 valence electrons. The Morgan fingerprint density at radius 1 is 1.50 bits per heavy atom. The second-order valence-electron chi connectivity index (χ2n) is 4.98. The van der Waals surface area contributed by atoms with Crippen LogP contribution >= 0.6 is 0 Å². The lowest BCUT2D eigenvalue weighted by Gasteiger charge is -2.34. The fraction of sp³-hybridized carbons (Fsp3) is 0.533. The van der Waals surface area contributed by atoms with E-state index in [1.165, 1.54) is 0 Å². The number of rotatable bonds is 5. The van der Waals surface area contributed by atoms with Crippen molar-refractivity contribution in [2.24, 2.45) is 0 Å². The Labute approximate surface area is 120 Å². The average Bonchev–Trinajstić information content (AvgIpc) is 2.49. The molecule has 2 N–H and O–H groups in total. The Hall–Kier alpha value is -1.59. The number of piperazine rings is 1. The number of hydrogen-bond acceptors (Lipinski definition) is 4. The summed E-state index contributed by atoms with van der Waals surface area (Å²) in [6.07, 6.45) is 0. The van der Waals surface area contributed by atoms with Gasteiger partial charge in [0.2, 0.25) is 5.91 Å². The third-order valence-corrected chi connectivity index (χ3v) is 3.63. The Kier molecular flexibility index (Phi) is 5.38. The first kappa shape index (κ1) is 14.8. The van der Waals surface area contributed by atoms with Crippen molar-refractivity contribution < 1.29 is 9.53 Å². The second kappa shape index (κ2) is 7.26. The minimum absolute atomic E-state index is 0.0630. The van der Waals surface area contributed by atoms with Gasteiger partial charge in [-0.2, -0.15) is 0 Å². The molecule has 20 heavy (non-hydrogen) atoms. The van der Waals surface area contributed by atoms with Crippen LogP contribution in [0, 0.1) is 6.92 Å². The number of nitrogens with zero attached hydrogens (tertiary/aromatic N) is 1. The van der Waals surface area contributed by atoms with Crippen LogP contribution < -0.4 is 15.4 Å². The molecule has 1 unspecified atom stereocenters. The van der Waals surface area contributed by atoms with E-state index in [1.54, 1.807) is 7.05 Å². The Morgan fingerprint density at radius 3 is 3.05 bits per heavy atom. The van der Waals surface area contributed by atoms with Crippen molar-refractivity contribution in [3.8, 4) is 5.75 Å². The van der Waals surface area contributed by atoms with Crippen molar-refractivity contribution >= 4 is 5.91 Å². The smallest absolute Gasteiger partial charge is 0.238 e. The summed E-state index contributed by atoms with van der Waals surface area (Å²) in [5, 5.41) is 5.97. The summed E-state index contributed by atoms with van der Waals surface area (Å²) in [7, 11) is 1.68. The third kappa shape index (κ3) is 3.71. The van der Waals surface area contributed by atoms with Gasteiger partial charge in [-0.1, -0.05) is 18.2 Å². The number of amides is 1. The fourth-order valence-corrected chi connectivity index (χ4v) is 2.43. The number of hydrogen-bond donors (Lipinski definition) is 2. The quantitative estimate of drug-likeness (QED) is 0.818. The largest absolute Gasteiger partial charge is 0.492 e. The van der Waals surface area contributed by atoms with Crippen LogP contribution in [0.15, 0.2) is 24.3 Å². The number of aryl methyl sites for hydroxylation is 1. The summed E-state index contributed by atoms with van der Waals surface area (Å²) in [6.45, 7) is 5.87. The molecule has 1 atom stereocenters. The topological polar surface area (TPSA) is 53.6 Å². The first-order chi connectivity index (χ1) is 9.72. The van der Waals surface area contributed by atoms with E-state index in [9.17, 15) is 4.79 Å². The number of ether oxygens (including phenoxy) is 1. The highest BCUT2D eigenvalue weighted by Gasteiger charge is 2.27. The predicted octanol–water partition coefficient (Wildman–Crippen LogP) is 0.394. The number of benzene rings is 1. The molecule has 0 aromatic heterocycles. The molecule has 0 saturated carbocycles. The van der Waals surface area contributed by atoms with E-state index in [2.05, 4.69) is 15.5 Å². The van der Waals surface area contributed by atoms with Crippen LogP contribution in [0.2, 0.25) is 0 Å². The Balaban J connectivity index is 1.85. The van der Waals surface area contributed by atoms with Crippen LogP contribution in [-0.2, 0) is 4.79 Å². The van der Waals surface area contributed by atoms with Crippen LogP contribution in [0.1, 0.15) is 5.56 Å². The first-order valence-corrected chi connectivity index (χ1v) is 7.07. The van der Waals surface area contributed by atoms with Gasteiger partial charge < -0.3 is 15.4 Å². The van der Waals surface area contributed by atoms with Crippen molar-refractivity contribution in [1.29, 1.82) is 0 Å².